The lowest BCUT2D eigenvalue weighted by Gasteiger charge is -2.18. The van der Waals surface area contributed by atoms with Crippen molar-refractivity contribution < 1.29 is 22.7 Å². The number of carbonyl (C=O) groups excluding carboxylic acids is 1. The minimum absolute atomic E-state index is 0.0253. The van der Waals surface area contributed by atoms with E-state index in [1.54, 1.807) is 4.90 Å². The fourth-order valence-corrected chi connectivity index (χ4v) is 4.53. The smallest absolute Gasteiger partial charge is 0.257 e. The molecule has 1 saturated heterocycles. The summed E-state index contributed by atoms with van der Waals surface area (Å²) < 4.78 is 38.9. The summed E-state index contributed by atoms with van der Waals surface area (Å²) in [4.78, 5) is 14.5. The van der Waals surface area contributed by atoms with E-state index in [2.05, 4.69) is 4.72 Å². The molecule has 1 aliphatic heterocycles. The number of nitrogens with zero attached hydrogens (tertiary/aromatic N) is 1. The molecule has 0 bridgehead atoms. The van der Waals surface area contributed by atoms with Crippen LogP contribution in [0.4, 0.5) is 0 Å². The molecule has 30 heavy (non-hydrogen) atoms. The lowest BCUT2D eigenvalue weighted by molar-refractivity contribution is 0.0789. The summed E-state index contributed by atoms with van der Waals surface area (Å²) in [5.74, 6) is 0.881. The molecule has 1 N–H and O–H groups in total. The molecule has 0 spiro atoms. The molecule has 0 unspecified atom stereocenters. The molecule has 0 aliphatic carbocycles. The van der Waals surface area contributed by atoms with Crippen LogP contribution < -0.4 is 14.2 Å². The van der Waals surface area contributed by atoms with Crippen molar-refractivity contribution in [1.29, 1.82) is 0 Å². The fraction of sp³-hybridized carbons (Fsp3) is 0.409. The molecule has 8 heteroatoms. The molecule has 1 aliphatic rings. The largest absolute Gasteiger partial charge is 0.496 e. The Kier molecular flexibility index (Phi) is 6.99. The zero-order chi connectivity index (χ0) is 21.7. The maximum atomic E-state index is 12.8. The van der Waals surface area contributed by atoms with E-state index < -0.39 is 10.0 Å². The van der Waals surface area contributed by atoms with E-state index in [0.717, 1.165) is 29.7 Å². The van der Waals surface area contributed by atoms with Gasteiger partial charge in [0.25, 0.3) is 5.91 Å². The normalized spacial score (nSPS) is 14.0. The average molecular weight is 433 g/mol. The van der Waals surface area contributed by atoms with Gasteiger partial charge in [-0.2, -0.15) is 0 Å². The number of sulfonamides is 1. The number of likely N-dealkylation sites (tertiary alicyclic amines) is 1. The van der Waals surface area contributed by atoms with Crippen LogP contribution in [0.15, 0.2) is 41.3 Å². The third-order valence-corrected chi connectivity index (χ3v) is 6.55. The zero-order valence-corrected chi connectivity index (χ0v) is 18.4. The molecular weight excluding hydrogens is 404 g/mol. The Labute approximate surface area is 178 Å². The van der Waals surface area contributed by atoms with Crippen molar-refractivity contribution >= 4 is 15.9 Å². The third kappa shape index (κ3) is 5.12. The molecule has 2 aromatic carbocycles. The van der Waals surface area contributed by atoms with Gasteiger partial charge in [-0.25, -0.2) is 13.1 Å². The van der Waals surface area contributed by atoms with Crippen LogP contribution in [0.1, 0.15) is 34.3 Å². The maximum absolute atomic E-state index is 12.8. The summed E-state index contributed by atoms with van der Waals surface area (Å²) in [5, 5.41) is 0. The van der Waals surface area contributed by atoms with Crippen molar-refractivity contribution in [2.45, 2.75) is 31.6 Å². The predicted octanol–water partition coefficient (Wildman–Crippen LogP) is 2.91. The van der Waals surface area contributed by atoms with Gasteiger partial charge in [0.05, 0.1) is 17.6 Å². The summed E-state index contributed by atoms with van der Waals surface area (Å²) in [6.45, 7) is 5.60. The highest BCUT2D eigenvalue weighted by molar-refractivity contribution is 7.89. The van der Waals surface area contributed by atoms with Crippen molar-refractivity contribution in [3.63, 3.8) is 0 Å². The SMILES string of the molecule is COc1ccc(S(=O)(=O)NCCOc2ccc(C)cc2C)cc1C(=O)N1CCCC1. The first-order chi connectivity index (χ1) is 14.3. The highest BCUT2D eigenvalue weighted by Crippen LogP contribution is 2.25. The van der Waals surface area contributed by atoms with Gasteiger partial charge in [-0.3, -0.25) is 4.79 Å². The Morgan fingerprint density at radius 1 is 1.07 bits per heavy atom. The second-order valence-corrected chi connectivity index (χ2v) is 9.14. The Balaban J connectivity index is 1.67. The van der Waals surface area contributed by atoms with Crippen molar-refractivity contribution in [1.82, 2.24) is 9.62 Å². The number of amides is 1. The van der Waals surface area contributed by atoms with Crippen LogP contribution in [-0.2, 0) is 10.0 Å². The van der Waals surface area contributed by atoms with E-state index in [1.807, 2.05) is 32.0 Å². The van der Waals surface area contributed by atoms with Crippen LogP contribution in [0.25, 0.3) is 0 Å². The van der Waals surface area contributed by atoms with Crippen molar-refractivity contribution in [2.75, 3.05) is 33.4 Å². The first-order valence-electron chi connectivity index (χ1n) is 9.99. The number of hydrogen-bond donors (Lipinski definition) is 1. The summed E-state index contributed by atoms with van der Waals surface area (Å²) in [5.41, 5.74) is 2.39. The van der Waals surface area contributed by atoms with Crippen molar-refractivity contribution in [3.8, 4) is 11.5 Å². The van der Waals surface area contributed by atoms with E-state index in [0.29, 0.717) is 18.8 Å². The number of carbonyl (C=O) groups is 1. The van der Waals surface area contributed by atoms with E-state index in [-0.39, 0.29) is 29.5 Å². The van der Waals surface area contributed by atoms with Crippen molar-refractivity contribution in [3.05, 3.63) is 53.1 Å². The van der Waals surface area contributed by atoms with Gasteiger partial charge in [0, 0.05) is 19.6 Å². The molecule has 0 atom stereocenters. The van der Waals surface area contributed by atoms with Gasteiger partial charge in [0.15, 0.2) is 0 Å². The summed E-state index contributed by atoms with van der Waals surface area (Å²) in [6.07, 6.45) is 1.90. The van der Waals surface area contributed by atoms with Gasteiger partial charge in [0.1, 0.15) is 18.1 Å². The van der Waals surface area contributed by atoms with Crippen LogP contribution in [0, 0.1) is 13.8 Å². The molecule has 0 saturated carbocycles. The Morgan fingerprint density at radius 2 is 1.77 bits per heavy atom. The molecule has 0 aromatic heterocycles. The third-order valence-electron chi connectivity index (χ3n) is 5.09. The highest BCUT2D eigenvalue weighted by atomic mass is 32.2. The Morgan fingerprint density at radius 3 is 2.43 bits per heavy atom. The van der Waals surface area contributed by atoms with Gasteiger partial charge in [0.2, 0.25) is 10.0 Å². The molecular formula is C22H28N2O5S. The lowest BCUT2D eigenvalue weighted by atomic mass is 10.1. The first-order valence-corrected chi connectivity index (χ1v) is 11.5. The van der Waals surface area contributed by atoms with Crippen LogP contribution in [0.5, 0.6) is 11.5 Å². The van der Waals surface area contributed by atoms with Gasteiger partial charge < -0.3 is 14.4 Å². The first kappa shape index (κ1) is 22.1. The lowest BCUT2D eigenvalue weighted by Crippen LogP contribution is -2.30. The molecule has 3 rings (SSSR count). The van der Waals surface area contributed by atoms with E-state index >= 15 is 0 Å². The minimum atomic E-state index is -3.79. The average Bonchev–Trinajstić information content (AvgIpc) is 3.26. The standard InChI is InChI=1S/C22H28N2O5S/c1-16-6-8-20(17(2)14-16)29-13-10-23-30(26,27)18-7-9-21(28-3)19(15-18)22(25)24-11-4-5-12-24/h6-9,14-15,23H,4-5,10-13H2,1-3H3. The van der Waals surface area contributed by atoms with E-state index in [1.165, 1.54) is 25.3 Å². The van der Waals surface area contributed by atoms with Gasteiger partial charge >= 0.3 is 0 Å². The molecule has 1 heterocycles. The molecule has 0 radical (unpaired) electrons. The van der Waals surface area contributed by atoms with E-state index in [9.17, 15) is 13.2 Å². The second-order valence-electron chi connectivity index (χ2n) is 7.38. The number of aryl methyl sites for hydroxylation is 2. The minimum Gasteiger partial charge on any atom is -0.496 e. The Bertz CT molecular complexity index is 1010. The monoisotopic (exact) mass is 432 g/mol. The van der Waals surface area contributed by atoms with Gasteiger partial charge in [-0.05, 0) is 56.5 Å². The number of ether oxygens (including phenoxy) is 2. The van der Waals surface area contributed by atoms with Crippen LogP contribution in [0.3, 0.4) is 0 Å². The number of hydrogen-bond acceptors (Lipinski definition) is 5. The van der Waals surface area contributed by atoms with Crippen LogP contribution in [-0.4, -0.2) is 52.6 Å². The van der Waals surface area contributed by atoms with Gasteiger partial charge in [-0.15, -0.1) is 0 Å². The summed E-state index contributed by atoms with van der Waals surface area (Å²) in [7, 11) is -2.33. The van der Waals surface area contributed by atoms with Crippen molar-refractivity contribution in [2.24, 2.45) is 0 Å². The summed E-state index contributed by atoms with van der Waals surface area (Å²) >= 11 is 0. The number of methoxy groups -OCH3 is 1. The number of rotatable bonds is 8. The molecule has 1 fully saturated rings. The van der Waals surface area contributed by atoms with E-state index in [4.69, 9.17) is 9.47 Å². The van der Waals surface area contributed by atoms with Gasteiger partial charge in [-0.1, -0.05) is 17.7 Å². The molecule has 162 valence electrons. The molecule has 1 amide bonds. The number of benzene rings is 2. The zero-order valence-electron chi connectivity index (χ0n) is 17.6. The maximum Gasteiger partial charge on any atom is 0.257 e. The van der Waals surface area contributed by atoms with Crippen LogP contribution >= 0.6 is 0 Å². The topological polar surface area (TPSA) is 84.9 Å². The second kappa shape index (κ2) is 9.49. The quantitative estimate of drug-likeness (QED) is 0.649. The molecule has 7 nitrogen and oxygen atoms in total. The number of nitrogens with one attached hydrogen (secondary N) is 1. The highest BCUT2D eigenvalue weighted by Gasteiger charge is 2.25. The summed E-state index contributed by atoms with van der Waals surface area (Å²) in [6, 6.07) is 10.2. The predicted molar refractivity (Wildman–Crippen MR) is 115 cm³/mol. The molecule has 2 aromatic rings. The fourth-order valence-electron chi connectivity index (χ4n) is 3.49. The van der Waals surface area contributed by atoms with Crippen LogP contribution in [0.2, 0.25) is 0 Å². The Hall–Kier alpha value is -2.58.